The number of aromatic amines is 1. The molecule has 0 aliphatic heterocycles. The molecule has 0 bridgehead atoms. The van der Waals surface area contributed by atoms with Crippen LogP contribution in [0.15, 0.2) is 41.0 Å². The van der Waals surface area contributed by atoms with Gasteiger partial charge in [0.15, 0.2) is 5.82 Å². The van der Waals surface area contributed by atoms with Gasteiger partial charge in [-0.3, -0.25) is 5.10 Å². The highest BCUT2D eigenvalue weighted by Gasteiger charge is 2.20. The maximum atomic E-state index is 14.0. The Morgan fingerprint density at radius 1 is 1.25 bits per heavy atom. The summed E-state index contributed by atoms with van der Waals surface area (Å²) < 4.78 is 19.4. The van der Waals surface area contributed by atoms with Crippen LogP contribution in [-0.2, 0) is 6.42 Å². The van der Waals surface area contributed by atoms with Crippen LogP contribution in [0.4, 0.5) is 10.2 Å². The molecule has 5 heteroatoms. The van der Waals surface area contributed by atoms with Gasteiger partial charge in [-0.2, -0.15) is 5.10 Å². The van der Waals surface area contributed by atoms with Crippen molar-refractivity contribution in [2.24, 2.45) is 0 Å². The van der Waals surface area contributed by atoms with Gasteiger partial charge in [0, 0.05) is 17.5 Å². The van der Waals surface area contributed by atoms with Crippen molar-refractivity contribution < 1.29 is 8.81 Å². The van der Waals surface area contributed by atoms with Gasteiger partial charge in [-0.1, -0.05) is 25.1 Å². The van der Waals surface area contributed by atoms with E-state index in [1.165, 1.54) is 6.07 Å². The first-order chi connectivity index (χ1) is 9.72. The zero-order chi connectivity index (χ0) is 14.1. The van der Waals surface area contributed by atoms with Crippen LogP contribution in [0.5, 0.6) is 0 Å². The van der Waals surface area contributed by atoms with Gasteiger partial charge in [0.25, 0.3) is 0 Å². The Labute approximate surface area is 115 Å². The van der Waals surface area contributed by atoms with E-state index in [-0.39, 0.29) is 11.6 Å². The van der Waals surface area contributed by atoms with E-state index < -0.39 is 0 Å². The molecule has 102 valence electrons. The minimum absolute atomic E-state index is 0.272. The fourth-order valence-corrected chi connectivity index (χ4v) is 2.32. The highest BCUT2D eigenvalue weighted by molar-refractivity contribution is 5.88. The van der Waals surface area contributed by atoms with E-state index in [1.807, 2.05) is 13.0 Å². The van der Waals surface area contributed by atoms with Crippen molar-refractivity contribution in [1.82, 2.24) is 10.2 Å². The van der Waals surface area contributed by atoms with E-state index in [2.05, 4.69) is 10.2 Å². The largest absolute Gasteiger partial charge is 0.469 e. The lowest BCUT2D eigenvalue weighted by atomic mass is 10.00. The number of rotatable bonds is 3. The molecule has 3 rings (SSSR count). The quantitative estimate of drug-likeness (QED) is 0.764. The summed E-state index contributed by atoms with van der Waals surface area (Å²) >= 11 is 0. The van der Waals surface area contributed by atoms with E-state index >= 15 is 0 Å². The number of furan rings is 1. The summed E-state index contributed by atoms with van der Waals surface area (Å²) in [6.45, 7) is 1.99. The first-order valence-corrected chi connectivity index (χ1v) is 6.37. The lowest BCUT2D eigenvalue weighted by Gasteiger charge is -2.05. The number of anilines is 1. The second-order valence-electron chi connectivity index (χ2n) is 4.45. The van der Waals surface area contributed by atoms with Crippen LogP contribution in [0.3, 0.4) is 0 Å². The molecule has 2 heterocycles. The standard InChI is InChI=1S/C15H14FN3O/c1-2-12-10(7-8-20-12)14-13(15(17)19-18-14)9-5-3-4-6-11(9)16/h3-8H,2H2,1H3,(H3,17,18,19). The molecule has 0 aliphatic rings. The van der Waals surface area contributed by atoms with Gasteiger partial charge in [-0.15, -0.1) is 0 Å². The van der Waals surface area contributed by atoms with Crippen molar-refractivity contribution >= 4 is 5.82 Å². The summed E-state index contributed by atoms with van der Waals surface area (Å²) in [4.78, 5) is 0. The molecular weight excluding hydrogens is 257 g/mol. The van der Waals surface area contributed by atoms with Crippen molar-refractivity contribution in [3.05, 3.63) is 48.2 Å². The van der Waals surface area contributed by atoms with Crippen molar-refractivity contribution in [2.75, 3.05) is 5.73 Å². The third-order valence-electron chi connectivity index (χ3n) is 3.27. The Morgan fingerprint density at radius 2 is 2.05 bits per heavy atom. The molecule has 4 nitrogen and oxygen atoms in total. The SMILES string of the molecule is CCc1occc1-c1[nH]nc(N)c1-c1ccccc1F. The Bertz CT molecular complexity index is 745. The highest BCUT2D eigenvalue weighted by atomic mass is 19.1. The molecule has 1 aromatic carbocycles. The van der Waals surface area contributed by atoms with Crippen LogP contribution in [0, 0.1) is 5.82 Å². The Morgan fingerprint density at radius 3 is 2.80 bits per heavy atom. The van der Waals surface area contributed by atoms with Gasteiger partial charge in [0.2, 0.25) is 0 Å². The summed E-state index contributed by atoms with van der Waals surface area (Å²) in [5.74, 6) is 0.753. The number of halogens is 1. The first-order valence-electron chi connectivity index (χ1n) is 6.37. The number of nitrogens with one attached hydrogen (secondary N) is 1. The molecule has 0 saturated carbocycles. The van der Waals surface area contributed by atoms with Crippen LogP contribution in [0.25, 0.3) is 22.4 Å². The maximum absolute atomic E-state index is 14.0. The minimum Gasteiger partial charge on any atom is -0.469 e. The maximum Gasteiger partial charge on any atom is 0.153 e. The van der Waals surface area contributed by atoms with E-state index in [9.17, 15) is 4.39 Å². The molecule has 0 unspecified atom stereocenters. The van der Waals surface area contributed by atoms with Gasteiger partial charge in [-0.05, 0) is 12.1 Å². The number of aryl methyl sites for hydroxylation is 1. The Hall–Kier alpha value is -2.56. The fourth-order valence-electron chi connectivity index (χ4n) is 2.32. The number of nitrogens with two attached hydrogens (primary N) is 1. The normalized spacial score (nSPS) is 10.9. The van der Waals surface area contributed by atoms with Gasteiger partial charge in [0.05, 0.1) is 17.5 Å². The van der Waals surface area contributed by atoms with Gasteiger partial charge < -0.3 is 10.2 Å². The number of nitrogens with zero attached hydrogens (tertiary/aromatic N) is 1. The third kappa shape index (κ3) is 1.87. The van der Waals surface area contributed by atoms with Crippen molar-refractivity contribution in [2.45, 2.75) is 13.3 Å². The fraction of sp³-hybridized carbons (Fsp3) is 0.133. The van der Waals surface area contributed by atoms with Crippen LogP contribution < -0.4 is 5.73 Å². The monoisotopic (exact) mass is 271 g/mol. The molecule has 0 radical (unpaired) electrons. The van der Waals surface area contributed by atoms with Gasteiger partial charge in [0.1, 0.15) is 11.6 Å². The van der Waals surface area contributed by atoms with E-state index in [0.29, 0.717) is 16.8 Å². The predicted octanol–water partition coefficient (Wildman–Crippen LogP) is 3.62. The second-order valence-corrected chi connectivity index (χ2v) is 4.45. The molecular formula is C15H14FN3O. The van der Waals surface area contributed by atoms with Crippen molar-refractivity contribution in [3.63, 3.8) is 0 Å². The minimum atomic E-state index is -0.330. The molecule has 0 aliphatic carbocycles. The summed E-state index contributed by atoms with van der Waals surface area (Å²) in [5, 5.41) is 6.89. The van der Waals surface area contributed by atoms with Crippen LogP contribution in [0.1, 0.15) is 12.7 Å². The molecule has 0 saturated heterocycles. The lowest BCUT2D eigenvalue weighted by molar-refractivity contribution is 0.517. The van der Waals surface area contributed by atoms with E-state index in [1.54, 1.807) is 24.5 Å². The van der Waals surface area contributed by atoms with Crippen LogP contribution in [0.2, 0.25) is 0 Å². The molecule has 2 aromatic heterocycles. The number of H-pyrrole nitrogens is 1. The molecule has 0 spiro atoms. The molecule has 0 amide bonds. The summed E-state index contributed by atoms with van der Waals surface area (Å²) in [7, 11) is 0. The van der Waals surface area contributed by atoms with Crippen LogP contribution in [-0.4, -0.2) is 10.2 Å². The molecule has 3 N–H and O–H groups in total. The van der Waals surface area contributed by atoms with Crippen LogP contribution >= 0.6 is 0 Å². The average molecular weight is 271 g/mol. The van der Waals surface area contributed by atoms with Crippen molar-refractivity contribution in [3.8, 4) is 22.4 Å². The molecule has 3 aromatic rings. The number of hydrogen-bond acceptors (Lipinski definition) is 3. The van der Waals surface area contributed by atoms with E-state index in [0.717, 1.165) is 17.7 Å². The molecule has 20 heavy (non-hydrogen) atoms. The van der Waals surface area contributed by atoms with E-state index in [4.69, 9.17) is 10.2 Å². The summed E-state index contributed by atoms with van der Waals surface area (Å²) in [6, 6.07) is 8.33. The zero-order valence-electron chi connectivity index (χ0n) is 11.0. The predicted molar refractivity (Wildman–Crippen MR) is 75.5 cm³/mol. The number of benzene rings is 1. The second kappa shape index (κ2) is 4.85. The topological polar surface area (TPSA) is 67.8 Å². The Balaban J connectivity index is 2.23. The molecule has 0 atom stereocenters. The Kier molecular flexibility index (Phi) is 3.02. The third-order valence-corrected chi connectivity index (χ3v) is 3.27. The highest BCUT2D eigenvalue weighted by Crippen LogP contribution is 2.37. The average Bonchev–Trinajstić information content (AvgIpc) is 3.05. The number of nitrogen functional groups attached to an aromatic ring is 1. The zero-order valence-corrected chi connectivity index (χ0v) is 11.0. The molecule has 0 fully saturated rings. The van der Waals surface area contributed by atoms with Crippen molar-refractivity contribution in [1.29, 1.82) is 0 Å². The van der Waals surface area contributed by atoms with Gasteiger partial charge in [-0.25, -0.2) is 4.39 Å². The smallest absolute Gasteiger partial charge is 0.153 e. The lowest BCUT2D eigenvalue weighted by Crippen LogP contribution is -1.92. The summed E-state index contributed by atoms with van der Waals surface area (Å²) in [5.41, 5.74) is 8.43. The first kappa shape index (κ1) is 12.5. The number of hydrogen-bond donors (Lipinski definition) is 2. The van der Waals surface area contributed by atoms with Gasteiger partial charge >= 0.3 is 0 Å². The number of aromatic nitrogens is 2. The summed E-state index contributed by atoms with van der Waals surface area (Å²) in [6.07, 6.45) is 2.34.